The van der Waals surface area contributed by atoms with Crippen LogP contribution in [0.3, 0.4) is 0 Å². The molecule has 2 aromatic carbocycles. The first-order valence-corrected chi connectivity index (χ1v) is 13.7. The van der Waals surface area contributed by atoms with Gasteiger partial charge in [0.05, 0.1) is 0 Å². The van der Waals surface area contributed by atoms with Gasteiger partial charge in [-0.05, 0) is 83.6 Å². The van der Waals surface area contributed by atoms with Gasteiger partial charge in [0.2, 0.25) is 5.91 Å². The lowest BCUT2D eigenvalue weighted by Crippen LogP contribution is -2.25. The summed E-state index contributed by atoms with van der Waals surface area (Å²) in [4.78, 5) is 25.2. The fourth-order valence-electron chi connectivity index (χ4n) is 4.75. The molecule has 0 radical (unpaired) electrons. The summed E-state index contributed by atoms with van der Waals surface area (Å²) in [6, 6.07) is 13.2. The highest BCUT2D eigenvalue weighted by molar-refractivity contribution is 6.02. The van der Waals surface area contributed by atoms with E-state index in [2.05, 4.69) is 58.2 Å². The van der Waals surface area contributed by atoms with Gasteiger partial charge in [-0.15, -0.1) is 0 Å². The van der Waals surface area contributed by atoms with Gasteiger partial charge in [-0.25, -0.2) is 0 Å². The first-order valence-electron chi connectivity index (χ1n) is 13.7. The third-order valence-corrected chi connectivity index (χ3v) is 7.00. The smallest absolute Gasteiger partial charge is 0.262 e. The number of hydrogen-bond donors (Lipinski definition) is 3. The summed E-state index contributed by atoms with van der Waals surface area (Å²) in [7, 11) is 0. The maximum Gasteiger partial charge on any atom is 0.262 e. The Balaban J connectivity index is 1.64. The van der Waals surface area contributed by atoms with Crippen LogP contribution in [-0.2, 0) is 27.0 Å². The zero-order valence-electron chi connectivity index (χ0n) is 24.1. The van der Waals surface area contributed by atoms with Crippen molar-refractivity contribution in [3.8, 4) is 11.8 Å². The van der Waals surface area contributed by atoms with Gasteiger partial charge in [0.25, 0.3) is 5.91 Å². The highest BCUT2D eigenvalue weighted by atomic mass is 16.3. The van der Waals surface area contributed by atoms with Crippen molar-refractivity contribution >= 4 is 23.6 Å². The molecule has 2 aromatic rings. The van der Waals surface area contributed by atoms with E-state index in [9.17, 15) is 20.0 Å². The number of nitrogens with zero attached hydrogens (tertiary/aromatic N) is 1. The molecule has 6 heteroatoms. The van der Waals surface area contributed by atoms with Gasteiger partial charge >= 0.3 is 0 Å². The molecule has 3 rings (SSSR count). The number of carbonyl (C=O) groups excluding carboxylic acids is 2. The lowest BCUT2D eigenvalue weighted by molar-refractivity contribution is -0.117. The van der Waals surface area contributed by atoms with E-state index in [-0.39, 0.29) is 28.2 Å². The Morgan fingerprint density at radius 1 is 0.949 bits per heavy atom. The second-order valence-corrected chi connectivity index (χ2v) is 12.3. The standard InChI is InChI=1S/C33H41N3O3/c1-32(2,3)27-18-23(19-28(30(27)38)33(4,5)6)14-17-29(37)36-25-15-12-22(13-16-25)21-35-31(39)26(20-34)24-10-8-7-9-11-24/h12-19,38H,7-11,21H2,1-6H3,(H,35,39)(H,36,37)/b17-14+. The summed E-state index contributed by atoms with van der Waals surface area (Å²) >= 11 is 0. The lowest BCUT2D eigenvalue weighted by Gasteiger charge is -2.27. The topological polar surface area (TPSA) is 102 Å². The molecule has 0 spiro atoms. The number of anilines is 1. The van der Waals surface area contributed by atoms with Gasteiger partial charge in [0, 0.05) is 29.4 Å². The number of phenolic OH excluding ortho intramolecular Hbond substituents is 1. The molecule has 1 aliphatic carbocycles. The molecular formula is C33H41N3O3. The Kier molecular flexibility index (Phi) is 9.40. The molecule has 0 atom stereocenters. The van der Waals surface area contributed by atoms with E-state index in [4.69, 9.17) is 0 Å². The number of hydrogen-bond acceptors (Lipinski definition) is 4. The average molecular weight is 528 g/mol. The van der Waals surface area contributed by atoms with Gasteiger partial charge in [0.1, 0.15) is 17.4 Å². The van der Waals surface area contributed by atoms with Crippen molar-refractivity contribution in [2.75, 3.05) is 5.32 Å². The Morgan fingerprint density at radius 3 is 2.03 bits per heavy atom. The third kappa shape index (κ3) is 8.07. The molecule has 0 aromatic heterocycles. The third-order valence-electron chi connectivity index (χ3n) is 7.00. The Morgan fingerprint density at radius 2 is 1.51 bits per heavy atom. The van der Waals surface area contributed by atoms with Gasteiger partial charge in [0.15, 0.2) is 0 Å². The number of benzene rings is 2. The van der Waals surface area contributed by atoms with Crippen LogP contribution in [0.2, 0.25) is 0 Å². The molecule has 206 valence electrons. The molecule has 2 amide bonds. The number of nitrogens with one attached hydrogen (secondary N) is 2. The normalized spacial score (nSPS) is 14.1. The molecule has 39 heavy (non-hydrogen) atoms. The highest BCUT2D eigenvalue weighted by Gasteiger charge is 2.26. The minimum Gasteiger partial charge on any atom is -0.507 e. The SMILES string of the molecule is CC(C)(C)c1cc(/C=C/C(=O)Nc2ccc(CNC(=O)C(C#N)=C3CCCCC3)cc2)cc(C(C)(C)C)c1O. The van der Waals surface area contributed by atoms with Crippen molar-refractivity contribution in [3.63, 3.8) is 0 Å². The molecule has 1 fully saturated rings. The molecule has 1 saturated carbocycles. The summed E-state index contributed by atoms with van der Waals surface area (Å²) in [5, 5.41) is 26.1. The fraction of sp³-hybridized carbons (Fsp3) is 0.424. The van der Waals surface area contributed by atoms with E-state index in [1.165, 1.54) is 6.08 Å². The number of phenols is 1. The molecular weight excluding hydrogens is 486 g/mol. The molecule has 0 bridgehead atoms. The minimum absolute atomic E-state index is 0.250. The number of carbonyl (C=O) groups is 2. The first kappa shape index (κ1) is 29.7. The maximum atomic E-state index is 12.6. The molecule has 3 N–H and O–H groups in total. The predicted octanol–water partition coefficient (Wildman–Crippen LogP) is 7.04. The molecule has 0 unspecified atom stereocenters. The van der Waals surface area contributed by atoms with Crippen LogP contribution in [-0.4, -0.2) is 16.9 Å². The zero-order chi connectivity index (χ0) is 28.8. The summed E-state index contributed by atoms with van der Waals surface area (Å²) in [6.07, 6.45) is 8.10. The molecule has 0 heterocycles. The largest absolute Gasteiger partial charge is 0.507 e. The summed E-state index contributed by atoms with van der Waals surface area (Å²) in [5.74, 6) is -0.283. The van der Waals surface area contributed by atoms with Crippen molar-refractivity contribution in [2.24, 2.45) is 0 Å². The number of rotatable bonds is 6. The maximum absolute atomic E-state index is 12.6. The quantitative estimate of drug-likeness (QED) is 0.277. The van der Waals surface area contributed by atoms with Crippen molar-refractivity contribution in [1.82, 2.24) is 5.32 Å². The second-order valence-electron chi connectivity index (χ2n) is 12.3. The van der Waals surface area contributed by atoms with Crippen LogP contribution in [0.5, 0.6) is 5.75 Å². The van der Waals surface area contributed by atoms with E-state index < -0.39 is 0 Å². The van der Waals surface area contributed by atoms with Gasteiger partial charge in [-0.3, -0.25) is 9.59 Å². The Labute approximate surface area is 232 Å². The number of aromatic hydroxyl groups is 1. The van der Waals surface area contributed by atoms with Crippen LogP contribution in [0.15, 0.2) is 53.6 Å². The number of amides is 2. The van der Waals surface area contributed by atoms with Crippen molar-refractivity contribution < 1.29 is 14.7 Å². The molecule has 0 aliphatic heterocycles. The fourth-order valence-corrected chi connectivity index (χ4v) is 4.75. The van der Waals surface area contributed by atoms with Gasteiger partial charge < -0.3 is 15.7 Å². The Bertz CT molecular complexity index is 1270. The van der Waals surface area contributed by atoms with Crippen molar-refractivity contribution in [2.45, 2.75) is 91.0 Å². The lowest BCUT2D eigenvalue weighted by atomic mass is 9.78. The predicted molar refractivity (Wildman–Crippen MR) is 157 cm³/mol. The van der Waals surface area contributed by atoms with E-state index in [1.807, 2.05) is 24.3 Å². The zero-order valence-corrected chi connectivity index (χ0v) is 24.1. The average Bonchev–Trinajstić information content (AvgIpc) is 2.87. The van der Waals surface area contributed by atoms with E-state index in [0.29, 0.717) is 18.0 Å². The van der Waals surface area contributed by atoms with Gasteiger partial charge in [-0.1, -0.05) is 60.1 Å². The number of allylic oxidation sites excluding steroid dienone is 1. The van der Waals surface area contributed by atoms with Crippen LogP contribution >= 0.6 is 0 Å². The van der Waals surface area contributed by atoms with Gasteiger partial charge in [-0.2, -0.15) is 5.26 Å². The van der Waals surface area contributed by atoms with Crippen molar-refractivity contribution in [1.29, 1.82) is 5.26 Å². The van der Waals surface area contributed by atoms with Crippen molar-refractivity contribution in [3.05, 3.63) is 75.9 Å². The first-order chi connectivity index (χ1) is 18.3. The monoisotopic (exact) mass is 527 g/mol. The van der Waals surface area contributed by atoms with Crippen LogP contribution < -0.4 is 10.6 Å². The summed E-state index contributed by atoms with van der Waals surface area (Å²) in [6.45, 7) is 12.6. The van der Waals surface area contributed by atoms with E-state index >= 15 is 0 Å². The molecule has 1 aliphatic rings. The summed E-state index contributed by atoms with van der Waals surface area (Å²) in [5.41, 5.74) is 4.76. The van der Waals surface area contributed by atoms with E-state index in [0.717, 1.165) is 59.9 Å². The summed E-state index contributed by atoms with van der Waals surface area (Å²) < 4.78 is 0. The highest BCUT2D eigenvalue weighted by Crippen LogP contribution is 2.40. The number of nitriles is 1. The van der Waals surface area contributed by atoms with E-state index in [1.54, 1.807) is 18.2 Å². The van der Waals surface area contributed by atoms with Crippen LogP contribution in [0.1, 0.15) is 95.9 Å². The minimum atomic E-state index is -0.324. The van der Waals surface area contributed by atoms with Crippen LogP contribution in [0.25, 0.3) is 6.08 Å². The second kappa shape index (κ2) is 12.3. The molecule has 6 nitrogen and oxygen atoms in total. The van der Waals surface area contributed by atoms with Crippen LogP contribution in [0.4, 0.5) is 5.69 Å². The van der Waals surface area contributed by atoms with Crippen LogP contribution in [0, 0.1) is 11.3 Å². The molecule has 0 saturated heterocycles. The Hall–Kier alpha value is -3.85.